The number of benzene rings is 1. The number of rotatable bonds is 5. The average Bonchev–Trinajstić information content (AvgIpc) is 2.36. The third-order valence-corrected chi connectivity index (χ3v) is 2.50. The lowest BCUT2D eigenvalue weighted by Gasteiger charge is -2.15. The number of nitrogens with one attached hydrogen (secondary N) is 2. The van der Waals surface area contributed by atoms with Crippen LogP contribution in [0.25, 0.3) is 0 Å². The maximum atomic E-state index is 11.5. The zero-order chi connectivity index (χ0) is 12.7. The number of carbonyl (C=O) groups excluding carboxylic acids is 1. The van der Waals surface area contributed by atoms with Crippen LogP contribution in [-0.4, -0.2) is 19.7 Å². The minimum atomic E-state index is -0.129. The summed E-state index contributed by atoms with van der Waals surface area (Å²) in [6.45, 7) is 4.67. The molecule has 0 aliphatic carbocycles. The van der Waals surface area contributed by atoms with Gasteiger partial charge >= 0.3 is 6.03 Å². The van der Waals surface area contributed by atoms with Crippen LogP contribution in [0.5, 0.6) is 5.75 Å². The SMILES string of the molecule is CCCNC(=O)NC(C)c1ccc(OC)cc1. The molecule has 94 valence electrons. The predicted octanol–water partition coefficient (Wildman–Crippen LogP) is 2.47. The number of ether oxygens (including phenoxy) is 1. The molecule has 0 saturated heterocycles. The van der Waals surface area contributed by atoms with E-state index in [1.165, 1.54) is 0 Å². The summed E-state index contributed by atoms with van der Waals surface area (Å²) in [7, 11) is 1.63. The molecule has 4 nitrogen and oxygen atoms in total. The van der Waals surface area contributed by atoms with Gasteiger partial charge in [0.1, 0.15) is 5.75 Å². The summed E-state index contributed by atoms with van der Waals surface area (Å²) in [6.07, 6.45) is 0.935. The number of methoxy groups -OCH3 is 1. The highest BCUT2D eigenvalue weighted by Crippen LogP contribution is 2.16. The van der Waals surface area contributed by atoms with Crippen LogP contribution in [0, 0.1) is 0 Å². The van der Waals surface area contributed by atoms with Gasteiger partial charge in [-0.05, 0) is 31.0 Å². The van der Waals surface area contributed by atoms with Gasteiger partial charge in [0.25, 0.3) is 0 Å². The van der Waals surface area contributed by atoms with Gasteiger partial charge in [-0.15, -0.1) is 0 Å². The molecule has 0 aromatic heterocycles. The molecular weight excluding hydrogens is 216 g/mol. The van der Waals surface area contributed by atoms with Gasteiger partial charge in [-0.2, -0.15) is 0 Å². The van der Waals surface area contributed by atoms with Crippen molar-refractivity contribution in [2.24, 2.45) is 0 Å². The summed E-state index contributed by atoms with van der Waals surface area (Å²) in [4.78, 5) is 11.5. The molecule has 2 amide bonds. The standard InChI is InChI=1S/C13H20N2O2/c1-4-9-14-13(16)15-10(2)11-5-7-12(17-3)8-6-11/h5-8,10H,4,9H2,1-3H3,(H2,14,15,16). The van der Waals surface area contributed by atoms with Gasteiger partial charge in [0.05, 0.1) is 13.2 Å². The van der Waals surface area contributed by atoms with Gasteiger partial charge in [0.2, 0.25) is 0 Å². The molecule has 1 rings (SSSR count). The van der Waals surface area contributed by atoms with Crippen molar-refractivity contribution >= 4 is 6.03 Å². The highest BCUT2D eigenvalue weighted by molar-refractivity contribution is 5.74. The topological polar surface area (TPSA) is 50.4 Å². The molecule has 0 radical (unpaired) electrons. The minimum Gasteiger partial charge on any atom is -0.497 e. The number of urea groups is 1. The highest BCUT2D eigenvalue weighted by Gasteiger charge is 2.08. The molecule has 0 aliphatic heterocycles. The number of carbonyl (C=O) groups is 1. The first-order valence-corrected chi connectivity index (χ1v) is 5.85. The number of hydrogen-bond donors (Lipinski definition) is 2. The van der Waals surface area contributed by atoms with Crippen LogP contribution in [-0.2, 0) is 0 Å². The Balaban J connectivity index is 2.51. The Bertz CT molecular complexity index is 349. The fourth-order valence-corrected chi connectivity index (χ4v) is 1.46. The van der Waals surface area contributed by atoms with Crippen LogP contribution in [0.3, 0.4) is 0 Å². The number of hydrogen-bond acceptors (Lipinski definition) is 2. The Hall–Kier alpha value is -1.71. The van der Waals surface area contributed by atoms with Crippen molar-refractivity contribution in [3.8, 4) is 5.75 Å². The van der Waals surface area contributed by atoms with Crippen molar-refractivity contribution in [1.82, 2.24) is 10.6 Å². The summed E-state index contributed by atoms with van der Waals surface area (Å²) in [5, 5.41) is 5.66. The quantitative estimate of drug-likeness (QED) is 0.825. The van der Waals surface area contributed by atoms with E-state index in [0.29, 0.717) is 6.54 Å². The fourth-order valence-electron chi connectivity index (χ4n) is 1.46. The van der Waals surface area contributed by atoms with Gasteiger partial charge < -0.3 is 15.4 Å². The highest BCUT2D eigenvalue weighted by atomic mass is 16.5. The first-order valence-electron chi connectivity index (χ1n) is 5.85. The zero-order valence-corrected chi connectivity index (χ0v) is 10.6. The van der Waals surface area contributed by atoms with Crippen LogP contribution >= 0.6 is 0 Å². The second kappa shape index (κ2) is 6.78. The Morgan fingerprint density at radius 3 is 2.53 bits per heavy atom. The molecule has 0 spiro atoms. The third kappa shape index (κ3) is 4.34. The van der Waals surface area contributed by atoms with Crippen molar-refractivity contribution in [3.63, 3.8) is 0 Å². The second-order valence-corrected chi connectivity index (χ2v) is 3.90. The van der Waals surface area contributed by atoms with Gasteiger partial charge in [0, 0.05) is 6.54 Å². The van der Waals surface area contributed by atoms with E-state index < -0.39 is 0 Å². The van der Waals surface area contributed by atoms with Crippen LogP contribution in [0.15, 0.2) is 24.3 Å². The molecule has 17 heavy (non-hydrogen) atoms. The first-order chi connectivity index (χ1) is 8.17. The molecule has 1 aromatic carbocycles. The fraction of sp³-hybridized carbons (Fsp3) is 0.462. The van der Waals surface area contributed by atoms with E-state index in [4.69, 9.17) is 4.74 Å². The summed E-state index contributed by atoms with van der Waals surface area (Å²) in [5.74, 6) is 0.816. The van der Waals surface area contributed by atoms with Crippen LogP contribution in [0.1, 0.15) is 31.9 Å². The van der Waals surface area contributed by atoms with Crippen LogP contribution in [0.4, 0.5) is 4.79 Å². The van der Waals surface area contributed by atoms with E-state index in [2.05, 4.69) is 10.6 Å². The van der Waals surface area contributed by atoms with Gasteiger partial charge in [-0.1, -0.05) is 19.1 Å². The molecule has 2 N–H and O–H groups in total. The predicted molar refractivity (Wildman–Crippen MR) is 68.2 cm³/mol. The first kappa shape index (κ1) is 13.4. The molecule has 0 bridgehead atoms. The van der Waals surface area contributed by atoms with E-state index in [1.54, 1.807) is 7.11 Å². The lowest BCUT2D eigenvalue weighted by molar-refractivity contribution is 0.238. The van der Waals surface area contributed by atoms with E-state index in [-0.39, 0.29) is 12.1 Å². The number of amides is 2. The van der Waals surface area contributed by atoms with Crippen molar-refractivity contribution in [3.05, 3.63) is 29.8 Å². The molecule has 4 heteroatoms. The maximum absolute atomic E-state index is 11.5. The molecule has 1 aromatic rings. The van der Waals surface area contributed by atoms with Crippen LogP contribution < -0.4 is 15.4 Å². The van der Waals surface area contributed by atoms with E-state index >= 15 is 0 Å². The minimum absolute atomic E-state index is 0.0160. The van der Waals surface area contributed by atoms with Crippen LogP contribution in [0.2, 0.25) is 0 Å². The monoisotopic (exact) mass is 236 g/mol. The Morgan fingerprint density at radius 2 is 2.00 bits per heavy atom. The van der Waals surface area contributed by atoms with Gasteiger partial charge in [-0.25, -0.2) is 4.79 Å². The molecule has 0 aliphatic rings. The Labute approximate surface area is 102 Å². The van der Waals surface area contributed by atoms with Crippen molar-refractivity contribution in [2.75, 3.05) is 13.7 Å². The molecule has 1 atom stereocenters. The zero-order valence-electron chi connectivity index (χ0n) is 10.6. The van der Waals surface area contributed by atoms with Gasteiger partial charge in [0.15, 0.2) is 0 Å². The second-order valence-electron chi connectivity index (χ2n) is 3.90. The summed E-state index contributed by atoms with van der Waals surface area (Å²) in [5.41, 5.74) is 1.05. The lowest BCUT2D eigenvalue weighted by Crippen LogP contribution is -2.37. The molecular formula is C13H20N2O2. The molecule has 1 unspecified atom stereocenters. The molecule has 0 heterocycles. The normalized spacial score (nSPS) is 11.7. The molecule has 0 fully saturated rings. The summed E-state index contributed by atoms with van der Waals surface area (Å²) in [6, 6.07) is 7.52. The Kier molecular flexibility index (Phi) is 5.33. The van der Waals surface area contributed by atoms with Gasteiger partial charge in [-0.3, -0.25) is 0 Å². The van der Waals surface area contributed by atoms with E-state index in [0.717, 1.165) is 17.7 Å². The van der Waals surface area contributed by atoms with Crippen molar-refractivity contribution in [2.45, 2.75) is 26.3 Å². The average molecular weight is 236 g/mol. The van der Waals surface area contributed by atoms with Crippen molar-refractivity contribution in [1.29, 1.82) is 0 Å². The summed E-state index contributed by atoms with van der Waals surface area (Å²) < 4.78 is 5.08. The van der Waals surface area contributed by atoms with E-state index in [9.17, 15) is 4.79 Å². The maximum Gasteiger partial charge on any atom is 0.315 e. The van der Waals surface area contributed by atoms with Crippen molar-refractivity contribution < 1.29 is 9.53 Å². The van der Waals surface area contributed by atoms with E-state index in [1.807, 2.05) is 38.1 Å². The summed E-state index contributed by atoms with van der Waals surface area (Å²) >= 11 is 0. The lowest BCUT2D eigenvalue weighted by atomic mass is 10.1. The Morgan fingerprint density at radius 1 is 1.35 bits per heavy atom. The third-order valence-electron chi connectivity index (χ3n) is 2.50. The smallest absolute Gasteiger partial charge is 0.315 e. The largest absolute Gasteiger partial charge is 0.497 e. The molecule has 0 saturated carbocycles.